The highest BCUT2D eigenvalue weighted by Crippen LogP contribution is 2.23. The number of aromatic nitrogens is 2. The molecule has 0 unspecified atom stereocenters. The second-order valence-corrected chi connectivity index (χ2v) is 4.22. The molecular weight excluding hydrogens is 222 g/mol. The molecule has 0 aliphatic heterocycles. The Balaban J connectivity index is 2.34. The summed E-state index contributed by atoms with van der Waals surface area (Å²) in [7, 11) is 0. The van der Waals surface area contributed by atoms with Crippen LogP contribution in [0, 0.1) is 18.3 Å². The second-order valence-electron chi connectivity index (χ2n) is 4.22. The van der Waals surface area contributed by atoms with E-state index in [2.05, 4.69) is 11.1 Å². The molecule has 0 aliphatic rings. The number of imidazole rings is 1. The standard InChI is InChI=1S/C15H11N3/c1-11-7-8-14-17-15(12-5-3-2-4-6-12)13(9-16)18(14)10-11/h2-8,10H,1H3. The molecule has 0 spiro atoms. The molecule has 0 saturated carbocycles. The Morgan fingerprint density at radius 3 is 2.61 bits per heavy atom. The van der Waals surface area contributed by atoms with E-state index in [0.717, 1.165) is 22.5 Å². The molecule has 0 atom stereocenters. The zero-order valence-electron chi connectivity index (χ0n) is 9.96. The van der Waals surface area contributed by atoms with Crippen molar-refractivity contribution >= 4 is 5.65 Å². The van der Waals surface area contributed by atoms with Crippen LogP contribution in [0.1, 0.15) is 11.3 Å². The largest absolute Gasteiger partial charge is 0.290 e. The number of hydrogen-bond acceptors (Lipinski definition) is 2. The molecule has 86 valence electrons. The summed E-state index contributed by atoms with van der Waals surface area (Å²) in [6.45, 7) is 2.00. The summed E-state index contributed by atoms with van der Waals surface area (Å²) in [6, 6.07) is 16.0. The van der Waals surface area contributed by atoms with Crippen LogP contribution in [0.5, 0.6) is 0 Å². The fraction of sp³-hybridized carbons (Fsp3) is 0.0667. The number of hydrogen-bond donors (Lipinski definition) is 0. The molecule has 0 bridgehead atoms. The Morgan fingerprint density at radius 2 is 1.89 bits per heavy atom. The number of benzene rings is 1. The first-order valence-electron chi connectivity index (χ1n) is 5.74. The molecular formula is C15H11N3. The molecule has 18 heavy (non-hydrogen) atoms. The van der Waals surface area contributed by atoms with E-state index in [9.17, 15) is 5.26 Å². The quantitative estimate of drug-likeness (QED) is 0.647. The molecule has 3 aromatic rings. The van der Waals surface area contributed by atoms with Gasteiger partial charge in [-0.15, -0.1) is 0 Å². The molecule has 0 radical (unpaired) electrons. The predicted molar refractivity (Wildman–Crippen MR) is 70.1 cm³/mol. The Bertz CT molecular complexity index is 748. The number of aryl methyl sites for hydroxylation is 1. The van der Waals surface area contributed by atoms with Crippen LogP contribution in [0.25, 0.3) is 16.9 Å². The zero-order chi connectivity index (χ0) is 12.5. The second kappa shape index (κ2) is 4.01. The van der Waals surface area contributed by atoms with Gasteiger partial charge in [-0.1, -0.05) is 36.4 Å². The third-order valence-corrected chi connectivity index (χ3v) is 2.92. The third-order valence-electron chi connectivity index (χ3n) is 2.92. The smallest absolute Gasteiger partial charge is 0.152 e. The van der Waals surface area contributed by atoms with E-state index in [1.54, 1.807) is 0 Å². The SMILES string of the molecule is Cc1ccc2nc(-c3ccccc3)c(C#N)n2c1. The van der Waals surface area contributed by atoms with Crippen molar-refractivity contribution in [2.24, 2.45) is 0 Å². The van der Waals surface area contributed by atoms with Gasteiger partial charge in [0.15, 0.2) is 5.69 Å². The number of pyridine rings is 1. The molecule has 3 nitrogen and oxygen atoms in total. The summed E-state index contributed by atoms with van der Waals surface area (Å²) in [4.78, 5) is 4.54. The lowest BCUT2D eigenvalue weighted by Gasteiger charge is -1.97. The van der Waals surface area contributed by atoms with Crippen LogP contribution in [0.3, 0.4) is 0 Å². The van der Waals surface area contributed by atoms with Crippen molar-refractivity contribution in [2.45, 2.75) is 6.92 Å². The summed E-state index contributed by atoms with van der Waals surface area (Å²) in [5.74, 6) is 0. The van der Waals surface area contributed by atoms with Gasteiger partial charge in [-0.05, 0) is 18.6 Å². The summed E-state index contributed by atoms with van der Waals surface area (Å²) >= 11 is 0. The first kappa shape index (κ1) is 10.5. The third kappa shape index (κ3) is 1.56. The summed E-state index contributed by atoms with van der Waals surface area (Å²) < 4.78 is 1.84. The van der Waals surface area contributed by atoms with Gasteiger partial charge in [0.05, 0.1) is 0 Å². The Morgan fingerprint density at radius 1 is 1.11 bits per heavy atom. The van der Waals surface area contributed by atoms with E-state index < -0.39 is 0 Å². The van der Waals surface area contributed by atoms with E-state index >= 15 is 0 Å². The van der Waals surface area contributed by atoms with Crippen molar-refractivity contribution in [3.8, 4) is 17.3 Å². The minimum absolute atomic E-state index is 0.583. The summed E-state index contributed by atoms with van der Waals surface area (Å²) in [5.41, 5.74) is 4.20. The lowest BCUT2D eigenvalue weighted by Crippen LogP contribution is -1.89. The number of rotatable bonds is 1. The summed E-state index contributed by atoms with van der Waals surface area (Å²) in [6.07, 6.45) is 1.94. The highest BCUT2D eigenvalue weighted by Gasteiger charge is 2.12. The van der Waals surface area contributed by atoms with Gasteiger partial charge in [-0.2, -0.15) is 5.26 Å². The van der Waals surface area contributed by atoms with Gasteiger partial charge in [0, 0.05) is 11.8 Å². The van der Waals surface area contributed by atoms with Crippen LogP contribution >= 0.6 is 0 Å². The average Bonchev–Trinajstić information content (AvgIpc) is 2.77. The predicted octanol–water partition coefficient (Wildman–Crippen LogP) is 3.18. The normalized spacial score (nSPS) is 10.4. The minimum atomic E-state index is 0.583. The van der Waals surface area contributed by atoms with Crippen LogP contribution in [0.15, 0.2) is 48.7 Å². The van der Waals surface area contributed by atoms with Crippen molar-refractivity contribution in [1.82, 2.24) is 9.38 Å². The molecule has 0 fully saturated rings. The Labute approximate surface area is 105 Å². The molecule has 0 amide bonds. The van der Waals surface area contributed by atoms with Crippen LogP contribution < -0.4 is 0 Å². The van der Waals surface area contributed by atoms with Gasteiger partial charge < -0.3 is 0 Å². The van der Waals surface area contributed by atoms with Gasteiger partial charge >= 0.3 is 0 Å². The maximum Gasteiger partial charge on any atom is 0.152 e. The molecule has 2 heterocycles. The van der Waals surface area contributed by atoms with Crippen molar-refractivity contribution in [3.05, 3.63) is 59.9 Å². The molecule has 0 aliphatic carbocycles. The molecule has 1 aromatic carbocycles. The highest BCUT2D eigenvalue weighted by molar-refractivity contribution is 5.69. The number of nitrogens with zero attached hydrogens (tertiary/aromatic N) is 3. The van der Waals surface area contributed by atoms with Gasteiger partial charge in [0.1, 0.15) is 17.4 Å². The Kier molecular flexibility index (Phi) is 2.35. The number of nitriles is 1. The van der Waals surface area contributed by atoms with Crippen molar-refractivity contribution < 1.29 is 0 Å². The van der Waals surface area contributed by atoms with Gasteiger partial charge in [0.25, 0.3) is 0 Å². The first-order valence-corrected chi connectivity index (χ1v) is 5.74. The van der Waals surface area contributed by atoms with E-state index in [-0.39, 0.29) is 0 Å². The topological polar surface area (TPSA) is 41.1 Å². The molecule has 0 saturated heterocycles. The van der Waals surface area contributed by atoms with Gasteiger partial charge in [-0.25, -0.2) is 4.98 Å². The van der Waals surface area contributed by atoms with Crippen LogP contribution in [0.4, 0.5) is 0 Å². The molecule has 3 rings (SSSR count). The first-order chi connectivity index (χ1) is 8.79. The minimum Gasteiger partial charge on any atom is -0.290 e. The van der Waals surface area contributed by atoms with E-state index in [1.807, 2.05) is 60.0 Å². The molecule has 2 aromatic heterocycles. The Hall–Kier alpha value is -2.60. The van der Waals surface area contributed by atoms with E-state index in [1.165, 1.54) is 0 Å². The van der Waals surface area contributed by atoms with E-state index in [4.69, 9.17) is 0 Å². The maximum atomic E-state index is 9.35. The van der Waals surface area contributed by atoms with Crippen molar-refractivity contribution in [2.75, 3.05) is 0 Å². The lowest BCUT2D eigenvalue weighted by atomic mass is 10.1. The van der Waals surface area contributed by atoms with E-state index in [0.29, 0.717) is 5.69 Å². The monoisotopic (exact) mass is 233 g/mol. The fourth-order valence-corrected chi connectivity index (χ4v) is 2.06. The maximum absolute atomic E-state index is 9.35. The van der Waals surface area contributed by atoms with Gasteiger partial charge in [0.2, 0.25) is 0 Å². The van der Waals surface area contributed by atoms with Crippen molar-refractivity contribution in [1.29, 1.82) is 5.26 Å². The molecule has 3 heteroatoms. The van der Waals surface area contributed by atoms with Crippen LogP contribution in [-0.2, 0) is 0 Å². The van der Waals surface area contributed by atoms with Crippen molar-refractivity contribution in [3.63, 3.8) is 0 Å². The summed E-state index contributed by atoms with van der Waals surface area (Å²) in [5, 5.41) is 9.35. The zero-order valence-corrected chi connectivity index (χ0v) is 9.96. The molecule has 0 N–H and O–H groups in total. The fourth-order valence-electron chi connectivity index (χ4n) is 2.06. The highest BCUT2D eigenvalue weighted by atomic mass is 15.0. The van der Waals surface area contributed by atoms with Gasteiger partial charge in [-0.3, -0.25) is 4.40 Å². The number of fused-ring (bicyclic) bond motifs is 1. The lowest BCUT2D eigenvalue weighted by molar-refractivity contribution is 1.13. The van der Waals surface area contributed by atoms with Crippen LogP contribution in [0.2, 0.25) is 0 Å². The van der Waals surface area contributed by atoms with Crippen LogP contribution in [-0.4, -0.2) is 9.38 Å². The average molecular weight is 233 g/mol.